The van der Waals surface area contributed by atoms with Crippen LogP contribution in [0.2, 0.25) is 0 Å². The summed E-state index contributed by atoms with van der Waals surface area (Å²) in [5.74, 6) is 0.206. The number of nitrogens with zero attached hydrogens (tertiary/aromatic N) is 2. The first-order valence-electron chi connectivity index (χ1n) is 8.44. The molecule has 1 N–H and O–H groups in total. The molecule has 1 aromatic carbocycles. The van der Waals surface area contributed by atoms with Gasteiger partial charge in [0.25, 0.3) is 0 Å². The normalized spacial score (nSPS) is 21.9. The summed E-state index contributed by atoms with van der Waals surface area (Å²) in [6.07, 6.45) is 2.71. The Morgan fingerprint density at radius 2 is 2.04 bits per heavy atom. The Balaban J connectivity index is 1.66. The predicted molar refractivity (Wildman–Crippen MR) is 94.4 cm³/mol. The number of nitrogens with one attached hydrogen (secondary N) is 1. The Hall–Kier alpha value is -1.76. The number of rotatable bonds is 3. The van der Waals surface area contributed by atoms with Crippen molar-refractivity contribution in [1.29, 1.82) is 0 Å². The van der Waals surface area contributed by atoms with Crippen LogP contribution >= 0.6 is 0 Å². The van der Waals surface area contributed by atoms with E-state index in [9.17, 15) is 13.2 Å². The van der Waals surface area contributed by atoms with Gasteiger partial charge < -0.3 is 10.2 Å². The molecule has 2 saturated heterocycles. The summed E-state index contributed by atoms with van der Waals surface area (Å²) in [6, 6.07) is 7.33. The number of amides is 2. The molecule has 0 atom stereocenters. The molecule has 0 aromatic heterocycles. The van der Waals surface area contributed by atoms with Crippen molar-refractivity contribution in [3.63, 3.8) is 0 Å². The van der Waals surface area contributed by atoms with Gasteiger partial charge in [-0.3, -0.25) is 4.31 Å². The predicted octanol–water partition coefficient (Wildman–Crippen LogP) is 2.31. The number of carbonyl (C=O) groups is 1. The molecule has 2 aliphatic heterocycles. The third kappa shape index (κ3) is 3.36. The molecular formula is C17H25N3O3S. The average molecular weight is 351 g/mol. The van der Waals surface area contributed by atoms with Gasteiger partial charge in [-0.15, -0.1) is 0 Å². The number of benzene rings is 1. The molecule has 0 spiro atoms. The minimum atomic E-state index is -3.18. The van der Waals surface area contributed by atoms with E-state index in [1.807, 2.05) is 23.1 Å². The molecule has 0 aliphatic carbocycles. The number of hydrogen-bond donors (Lipinski definition) is 1. The fraction of sp³-hybridized carbons (Fsp3) is 0.588. The molecule has 132 valence electrons. The molecule has 2 heterocycles. The summed E-state index contributed by atoms with van der Waals surface area (Å²) >= 11 is 0. The molecule has 0 radical (unpaired) electrons. The molecule has 6 nitrogen and oxygen atoms in total. The lowest BCUT2D eigenvalue weighted by molar-refractivity contribution is 0.165. The van der Waals surface area contributed by atoms with Crippen LogP contribution in [-0.4, -0.2) is 43.7 Å². The second-order valence-electron chi connectivity index (χ2n) is 7.14. The maximum absolute atomic E-state index is 12.4. The minimum Gasteiger partial charge on any atom is -0.334 e. The summed E-state index contributed by atoms with van der Waals surface area (Å²) in [5, 5.41) is 2.95. The number of urea groups is 1. The van der Waals surface area contributed by atoms with Crippen molar-refractivity contribution >= 4 is 21.7 Å². The molecule has 1 aromatic rings. The van der Waals surface area contributed by atoms with Crippen LogP contribution in [0.4, 0.5) is 10.5 Å². The molecule has 0 bridgehead atoms. The van der Waals surface area contributed by atoms with E-state index in [0.717, 1.165) is 24.9 Å². The van der Waals surface area contributed by atoms with Gasteiger partial charge in [-0.05, 0) is 50.8 Å². The van der Waals surface area contributed by atoms with E-state index < -0.39 is 10.0 Å². The fourth-order valence-corrected chi connectivity index (χ4v) is 5.06. The second-order valence-corrected chi connectivity index (χ2v) is 9.15. The van der Waals surface area contributed by atoms with Crippen LogP contribution in [0.5, 0.6) is 0 Å². The Morgan fingerprint density at radius 3 is 2.67 bits per heavy atom. The topological polar surface area (TPSA) is 69.7 Å². The number of likely N-dealkylation sites (tertiary alicyclic amines) is 1. The number of sulfonamides is 1. The number of carbonyl (C=O) groups excluding carboxylic acids is 1. The van der Waals surface area contributed by atoms with Crippen LogP contribution in [0.15, 0.2) is 24.3 Å². The molecule has 0 unspecified atom stereocenters. The van der Waals surface area contributed by atoms with Crippen molar-refractivity contribution in [3.05, 3.63) is 29.8 Å². The quantitative estimate of drug-likeness (QED) is 0.908. The van der Waals surface area contributed by atoms with Crippen LogP contribution in [0.1, 0.15) is 38.7 Å². The highest BCUT2D eigenvalue weighted by atomic mass is 32.2. The fourth-order valence-electron chi connectivity index (χ4n) is 3.51. The Labute approximate surface area is 143 Å². The van der Waals surface area contributed by atoms with Gasteiger partial charge >= 0.3 is 6.03 Å². The van der Waals surface area contributed by atoms with E-state index >= 15 is 0 Å². The van der Waals surface area contributed by atoms with Gasteiger partial charge in [0.05, 0.1) is 11.4 Å². The smallest absolute Gasteiger partial charge is 0.318 e. The summed E-state index contributed by atoms with van der Waals surface area (Å²) in [4.78, 5) is 14.3. The highest BCUT2D eigenvalue weighted by Gasteiger charge is 2.35. The van der Waals surface area contributed by atoms with Gasteiger partial charge in [-0.25, -0.2) is 13.2 Å². The maximum Gasteiger partial charge on any atom is 0.318 e. The monoisotopic (exact) mass is 351 g/mol. The van der Waals surface area contributed by atoms with Crippen LogP contribution in [0.25, 0.3) is 0 Å². The third-order valence-electron chi connectivity index (χ3n) is 4.89. The van der Waals surface area contributed by atoms with Gasteiger partial charge in [-0.1, -0.05) is 12.1 Å². The zero-order chi connectivity index (χ0) is 17.4. The lowest BCUT2D eigenvalue weighted by Gasteiger charge is -2.31. The van der Waals surface area contributed by atoms with Gasteiger partial charge in [0.1, 0.15) is 0 Å². The Kier molecular flexibility index (Phi) is 4.46. The number of anilines is 1. The summed E-state index contributed by atoms with van der Waals surface area (Å²) in [7, 11) is -3.18. The summed E-state index contributed by atoms with van der Waals surface area (Å²) in [5.41, 5.74) is 1.48. The highest BCUT2D eigenvalue weighted by Crippen LogP contribution is 2.28. The molecular weight excluding hydrogens is 326 g/mol. The maximum atomic E-state index is 12.4. The van der Waals surface area contributed by atoms with Gasteiger partial charge in [-0.2, -0.15) is 0 Å². The van der Waals surface area contributed by atoms with Crippen molar-refractivity contribution in [2.24, 2.45) is 0 Å². The van der Waals surface area contributed by atoms with Crippen LogP contribution < -0.4 is 9.62 Å². The van der Waals surface area contributed by atoms with Crippen molar-refractivity contribution in [1.82, 2.24) is 10.2 Å². The van der Waals surface area contributed by atoms with Crippen molar-refractivity contribution in [2.75, 3.05) is 23.1 Å². The first-order chi connectivity index (χ1) is 11.3. The molecule has 24 heavy (non-hydrogen) atoms. The van der Waals surface area contributed by atoms with Crippen molar-refractivity contribution in [3.8, 4) is 0 Å². The van der Waals surface area contributed by atoms with E-state index in [1.165, 1.54) is 4.31 Å². The van der Waals surface area contributed by atoms with Gasteiger partial charge in [0, 0.05) is 25.2 Å². The molecule has 7 heteroatoms. The van der Waals surface area contributed by atoms with Crippen molar-refractivity contribution < 1.29 is 13.2 Å². The molecule has 2 fully saturated rings. The largest absolute Gasteiger partial charge is 0.334 e. The first kappa shape index (κ1) is 17.1. The summed E-state index contributed by atoms with van der Waals surface area (Å²) < 4.78 is 25.5. The zero-order valence-corrected chi connectivity index (χ0v) is 15.1. The van der Waals surface area contributed by atoms with E-state index in [1.54, 1.807) is 6.07 Å². The van der Waals surface area contributed by atoms with E-state index in [2.05, 4.69) is 19.2 Å². The van der Waals surface area contributed by atoms with E-state index in [4.69, 9.17) is 0 Å². The third-order valence-corrected chi connectivity index (χ3v) is 6.76. The average Bonchev–Trinajstić information content (AvgIpc) is 3.06. The van der Waals surface area contributed by atoms with Crippen molar-refractivity contribution in [2.45, 2.75) is 45.2 Å². The zero-order valence-electron chi connectivity index (χ0n) is 14.3. The van der Waals surface area contributed by atoms with Crippen LogP contribution in [-0.2, 0) is 16.6 Å². The molecule has 3 rings (SSSR count). The lowest BCUT2D eigenvalue weighted by Crippen LogP contribution is -2.47. The summed E-state index contributed by atoms with van der Waals surface area (Å²) in [6.45, 7) is 5.87. The molecule has 2 amide bonds. The molecule has 2 aliphatic rings. The van der Waals surface area contributed by atoms with Gasteiger partial charge in [0.15, 0.2) is 0 Å². The Morgan fingerprint density at radius 1 is 1.25 bits per heavy atom. The minimum absolute atomic E-state index is 0.0586. The highest BCUT2D eigenvalue weighted by molar-refractivity contribution is 7.93. The standard InChI is InChI=1S/C17H25N3O3S/c1-17(2)8-4-9-19(17)16(21)18-13-14-6-3-7-15(12-14)20-10-5-11-24(20,22)23/h3,6-7,12H,4-5,8-11,13H2,1-2H3,(H,18,21). The lowest BCUT2D eigenvalue weighted by atomic mass is 10.0. The van der Waals surface area contributed by atoms with Crippen LogP contribution in [0.3, 0.4) is 0 Å². The second kappa shape index (κ2) is 6.27. The first-order valence-corrected chi connectivity index (χ1v) is 10.1. The SMILES string of the molecule is CC1(C)CCCN1C(=O)NCc1cccc(N2CCCS2(=O)=O)c1. The molecule has 0 saturated carbocycles. The van der Waals surface area contributed by atoms with Gasteiger partial charge in [0.2, 0.25) is 10.0 Å². The Bertz CT molecular complexity index is 730. The van der Waals surface area contributed by atoms with E-state index in [-0.39, 0.29) is 17.3 Å². The van der Waals surface area contributed by atoms with Crippen LogP contribution in [0, 0.1) is 0 Å². The number of hydrogen-bond acceptors (Lipinski definition) is 3. The van der Waals surface area contributed by atoms with E-state index in [0.29, 0.717) is 25.2 Å².